The molecule has 0 spiro atoms. The Hall–Kier alpha value is -1.14. The minimum atomic E-state index is -4.21. The molecule has 0 aliphatic carbocycles. The lowest BCUT2D eigenvalue weighted by Gasteiger charge is -2.13. The zero-order valence-electron chi connectivity index (χ0n) is 10.6. The minimum Gasteiger partial charge on any atom is -0.350 e. The Kier molecular flexibility index (Phi) is 5.31. The summed E-state index contributed by atoms with van der Waals surface area (Å²) in [5.41, 5.74) is 0.0589. The number of rotatable bonds is 5. The van der Waals surface area contributed by atoms with Gasteiger partial charge in [0, 0.05) is 22.3 Å². The third-order valence-corrected chi connectivity index (χ3v) is 3.89. The fourth-order valence-electron chi connectivity index (χ4n) is 1.64. The van der Waals surface area contributed by atoms with Crippen molar-refractivity contribution in [3.8, 4) is 0 Å². The van der Waals surface area contributed by atoms with E-state index in [-0.39, 0.29) is 11.6 Å². The highest BCUT2D eigenvalue weighted by atomic mass is 35.7. The lowest BCUT2D eigenvalue weighted by molar-refractivity contribution is 0.0938. The average molecular weight is 308 g/mol. The van der Waals surface area contributed by atoms with E-state index in [4.69, 9.17) is 10.7 Å². The zero-order chi connectivity index (χ0) is 14.6. The van der Waals surface area contributed by atoms with Crippen molar-refractivity contribution in [1.29, 1.82) is 0 Å². The van der Waals surface area contributed by atoms with Crippen molar-refractivity contribution < 1.29 is 17.6 Å². The van der Waals surface area contributed by atoms with Crippen LogP contribution in [0.3, 0.4) is 0 Å². The smallest absolute Gasteiger partial charge is 0.264 e. The Morgan fingerprint density at radius 3 is 2.63 bits per heavy atom. The van der Waals surface area contributed by atoms with Gasteiger partial charge in [-0.1, -0.05) is 13.3 Å². The van der Waals surface area contributed by atoms with Crippen LogP contribution in [-0.2, 0) is 9.05 Å². The van der Waals surface area contributed by atoms with Crippen molar-refractivity contribution in [2.45, 2.75) is 37.6 Å². The number of nitrogens with one attached hydrogen (secondary N) is 1. The summed E-state index contributed by atoms with van der Waals surface area (Å²) in [6.45, 7) is 3.82. The minimum absolute atomic E-state index is 0.0430. The Bertz CT molecular complexity index is 574. The first kappa shape index (κ1) is 15.9. The number of amides is 1. The van der Waals surface area contributed by atoms with Gasteiger partial charge in [0.1, 0.15) is 10.7 Å². The molecule has 0 saturated carbocycles. The van der Waals surface area contributed by atoms with Crippen molar-refractivity contribution in [3.63, 3.8) is 0 Å². The van der Waals surface area contributed by atoms with Crippen LogP contribution in [0.4, 0.5) is 4.39 Å². The van der Waals surface area contributed by atoms with Gasteiger partial charge in [-0.3, -0.25) is 4.79 Å². The van der Waals surface area contributed by atoms with Gasteiger partial charge >= 0.3 is 0 Å². The van der Waals surface area contributed by atoms with Crippen LogP contribution in [0.2, 0.25) is 0 Å². The summed E-state index contributed by atoms with van der Waals surface area (Å²) in [7, 11) is 0.885. The fraction of sp³-hybridized carbons (Fsp3) is 0.417. The number of halogens is 2. The molecule has 0 bridgehead atoms. The maximum Gasteiger partial charge on any atom is 0.264 e. The maximum absolute atomic E-state index is 13.3. The van der Waals surface area contributed by atoms with E-state index in [1.54, 1.807) is 0 Å². The van der Waals surface area contributed by atoms with Gasteiger partial charge in [-0.05, 0) is 31.5 Å². The molecule has 0 aliphatic heterocycles. The molecule has 1 aromatic rings. The Morgan fingerprint density at radius 2 is 2.11 bits per heavy atom. The summed E-state index contributed by atoms with van der Waals surface area (Å²) in [4.78, 5) is 11.2. The molecule has 0 fully saturated rings. The molecule has 0 aromatic heterocycles. The highest BCUT2D eigenvalue weighted by molar-refractivity contribution is 8.13. The SMILES string of the molecule is CCCC(C)NC(=O)c1ccc(F)c(S(=O)(=O)Cl)c1. The quantitative estimate of drug-likeness (QED) is 0.851. The third-order valence-electron chi connectivity index (χ3n) is 2.56. The standard InChI is InChI=1S/C12H15ClFNO3S/c1-3-4-8(2)15-12(16)9-5-6-10(14)11(7-9)19(13,17)18/h5-8H,3-4H2,1-2H3,(H,15,16). The van der Waals surface area contributed by atoms with Crippen molar-refractivity contribution in [2.24, 2.45) is 0 Å². The van der Waals surface area contributed by atoms with Crippen LogP contribution in [0.5, 0.6) is 0 Å². The molecule has 0 radical (unpaired) electrons. The van der Waals surface area contributed by atoms with E-state index in [0.29, 0.717) is 0 Å². The molecule has 1 aromatic carbocycles. The van der Waals surface area contributed by atoms with Gasteiger partial charge in [-0.15, -0.1) is 0 Å². The molecule has 1 N–H and O–H groups in total. The Balaban J connectivity index is 3.00. The summed E-state index contributed by atoms with van der Waals surface area (Å²) in [5, 5.41) is 2.70. The van der Waals surface area contributed by atoms with Gasteiger partial charge < -0.3 is 5.32 Å². The largest absolute Gasteiger partial charge is 0.350 e. The van der Waals surface area contributed by atoms with Crippen molar-refractivity contribution in [1.82, 2.24) is 5.32 Å². The van der Waals surface area contributed by atoms with Crippen LogP contribution in [0.25, 0.3) is 0 Å². The predicted molar refractivity (Wildman–Crippen MR) is 71.3 cm³/mol. The van der Waals surface area contributed by atoms with Crippen LogP contribution in [0.1, 0.15) is 37.0 Å². The fourth-order valence-corrected chi connectivity index (χ4v) is 2.57. The highest BCUT2D eigenvalue weighted by Crippen LogP contribution is 2.20. The number of benzene rings is 1. The third kappa shape index (κ3) is 4.47. The maximum atomic E-state index is 13.3. The van der Waals surface area contributed by atoms with Gasteiger partial charge in [0.15, 0.2) is 0 Å². The van der Waals surface area contributed by atoms with E-state index in [0.717, 1.165) is 25.0 Å². The summed E-state index contributed by atoms with van der Waals surface area (Å²) >= 11 is 0. The van der Waals surface area contributed by atoms with Crippen molar-refractivity contribution >= 4 is 25.6 Å². The molecule has 106 valence electrons. The number of carbonyl (C=O) groups is 1. The van der Waals surface area contributed by atoms with E-state index in [1.165, 1.54) is 6.07 Å². The number of hydrogen-bond acceptors (Lipinski definition) is 3. The van der Waals surface area contributed by atoms with E-state index >= 15 is 0 Å². The number of hydrogen-bond donors (Lipinski definition) is 1. The number of carbonyl (C=O) groups excluding carboxylic acids is 1. The molecule has 0 saturated heterocycles. The molecule has 1 rings (SSSR count). The predicted octanol–water partition coefficient (Wildman–Crippen LogP) is 2.67. The lowest BCUT2D eigenvalue weighted by atomic mass is 10.1. The van der Waals surface area contributed by atoms with E-state index in [9.17, 15) is 17.6 Å². The molecular formula is C12H15ClFNO3S. The Morgan fingerprint density at radius 1 is 1.47 bits per heavy atom. The molecule has 1 atom stereocenters. The Labute approximate surface area is 116 Å². The molecular weight excluding hydrogens is 293 g/mol. The summed E-state index contributed by atoms with van der Waals surface area (Å²) < 4.78 is 35.6. The monoisotopic (exact) mass is 307 g/mol. The van der Waals surface area contributed by atoms with E-state index in [1.807, 2.05) is 13.8 Å². The van der Waals surface area contributed by atoms with Crippen molar-refractivity contribution in [3.05, 3.63) is 29.6 Å². The van der Waals surface area contributed by atoms with Crippen LogP contribution < -0.4 is 5.32 Å². The second-order valence-electron chi connectivity index (χ2n) is 4.25. The molecule has 1 unspecified atom stereocenters. The second-order valence-corrected chi connectivity index (χ2v) is 6.78. The van der Waals surface area contributed by atoms with Gasteiger partial charge in [0.05, 0.1) is 0 Å². The summed E-state index contributed by atoms with van der Waals surface area (Å²) in [5.74, 6) is -1.43. The van der Waals surface area contributed by atoms with E-state index < -0.39 is 25.7 Å². The zero-order valence-corrected chi connectivity index (χ0v) is 12.2. The van der Waals surface area contributed by atoms with Crippen LogP contribution in [0.15, 0.2) is 23.1 Å². The second kappa shape index (κ2) is 6.34. The van der Waals surface area contributed by atoms with Gasteiger partial charge in [-0.25, -0.2) is 12.8 Å². The van der Waals surface area contributed by atoms with Crippen LogP contribution in [0, 0.1) is 5.82 Å². The highest BCUT2D eigenvalue weighted by Gasteiger charge is 2.19. The van der Waals surface area contributed by atoms with Gasteiger partial charge in [0.2, 0.25) is 0 Å². The summed E-state index contributed by atoms with van der Waals surface area (Å²) in [6.07, 6.45) is 1.71. The van der Waals surface area contributed by atoms with Crippen molar-refractivity contribution in [2.75, 3.05) is 0 Å². The molecule has 0 heterocycles. The lowest BCUT2D eigenvalue weighted by Crippen LogP contribution is -2.32. The normalized spacial score (nSPS) is 13.1. The van der Waals surface area contributed by atoms with Crippen LogP contribution in [-0.4, -0.2) is 20.4 Å². The first-order chi connectivity index (χ1) is 8.75. The summed E-state index contributed by atoms with van der Waals surface area (Å²) in [6, 6.07) is 3.02. The van der Waals surface area contributed by atoms with E-state index in [2.05, 4.69) is 5.32 Å². The van der Waals surface area contributed by atoms with Gasteiger partial charge in [-0.2, -0.15) is 0 Å². The average Bonchev–Trinajstić information content (AvgIpc) is 2.27. The first-order valence-electron chi connectivity index (χ1n) is 5.80. The molecule has 7 heteroatoms. The first-order valence-corrected chi connectivity index (χ1v) is 8.11. The molecule has 4 nitrogen and oxygen atoms in total. The molecule has 0 aliphatic rings. The topological polar surface area (TPSA) is 63.2 Å². The molecule has 19 heavy (non-hydrogen) atoms. The molecule has 1 amide bonds. The van der Waals surface area contributed by atoms with Gasteiger partial charge in [0.25, 0.3) is 15.0 Å². The van der Waals surface area contributed by atoms with Crippen LogP contribution >= 0.6 is 10.7 Å².